The fourth-order valence-corrected chi connectivity index (χ4v) is 6.65. The van der Waals surface area contributed by atoms with E-state index in [-0.39, 0.29) is 16.2 Å². The number of nitriles is 1. The van der Waals surface area contributed by atoms with Gasteiger partial charge in [-0.1, -0.05) is 62.4 Å². The fraction of sp³-hybridized carbons (Fsp3) is 0.176. The van der Waals surface area contributed by atoms with Crippen molar-refractivity contribution in [1.29, 1.82) is 5.26 Å². The maximum Gasteiger partial charge on any atom is 0.295 e. The molecule has 0 aliphatic carbocycles. The molecule has 5 rings (SSSR count). The zero-order valence-corrected chi connectivity index (χ0v) is 26.7. The molecule has 234 valence electrons. The Kier molecular flexibility index (Phi) is 9.18. The van der Waals surface area contributed by atoms with Gasteiger partial charge >= 0.3 is 0 Å². The lowest BCUT2D eigenvalue weighted by atomic mass is 10.1. The number of amides is 1. The Morgan fingerprint density at radius 3 is 2.22 bits per heavy atom. The first-order valence-electron chi connectivity index (χ1n) is 14.6. The van der Waals surface area contributed by atoms with Gasteiger partial charge in [-0.25, -0.2) is 17.8 Å². The van der Waals surface area contributed by atoms with Crippen LogP contribution in [0.1, 0.15) is 25.1 Å². The number of hydrogen-bond acceptors (Lipinski definition) is 6. The zero-order chi connectivity index (χ0) is 33.0. The highest BCUT2D eigenvalue weighted by atomic mass is 32.2. The molecule has 2 heterocycles. The summed E-state index contributed by atoms with van der Waals surface area (Å²) in [5.41, 5.74) is 2.43. The molecular weight excluding hydrogens is 602 g/mol. The number of nitrogens with one attached hydrogen (secondary N) is 1. The molecule has 0 fully saturated rings. The van der Waals surface area contributed by atoms with Crippen LogP contribution >= 0.6 is 0 Å². The summed E-state index contributed by atoms with van der Waals surface area (Å²) in [5.74, 6) is -0.773. The lowest BCUT2D eigenvalue weighted by Crippen LogP contribution is -2.30. The Bertz CT molecular complexity index is 2130. The molecule has 0 saturated heterocycles. The molecule has 0 unspecified atom stereocenters. The van der Waals surface area contributed by atoms with E-state index in [1.165, 1.54) is 27.2 Å². The van der Waals surface area contributed by atoms with Crippen molar-refractivity contribution in [2.45, 2.75) is 25.7 Å². The summed E-state index contributed by atoms with van der Waals surface area (Å²) in [4.78, 5) is 27.0. The maximum absolute atomic E-state index is 13.5. The van der Waals surface area contributed by atoms with Gasteiger partial charge in [-0.05, 0) is 49.4 Å². The van der Waals surface area contributed by atoms with Crippen molar-refractivity contribution >= 4 is 27.7 Å². The lowest BCUT2D eigenvalue weighted by molar-refractivity contribution is -0.112. The summed E-state index contributed by atoms with van der Waals surface area (Å²) in [7, 11) is -2.05. The van der Waals surface area contributed by atoms with Crippen molar-refractivity contribution in [3.63, 3.8) is 0 Å². The predicted molar refractivity (Wildman–Crippen MR) is 177 cm³/mol. The van der Waals surface area contributed by atoms with Crippen LogP contribution in [0.15, 0.2) is 106 Å². The molecule has 0 spiro atoms. The average molecular weight is 636 g/mol. The van der Waals surface area contributed by atoms with Crippen LogP contribution in [0.5, 0.6) is 0 Å². The van der Waals surface area contributed by atoms with Crippen molar-refractivity contribution in [3.8, 4) is 28.7 Å². The highest BCUT2D eigenvalue weighted by Gasteiger charge is 2.24. The lowest BCUT2D eigenvalue weighted by Gasteiger charge is -2.18. The molecular formula is C34H33N7O4S. The molecule has 0 radical (unpaired) electrons. The topological polar surface area (TPSA) is 135 Å². The van der Waals surface area contributed by atoms with Crippen molar-refractivity contribution in [1.82, 2.24) is 23.4 Å². The molecule has 0 saturated carbocycles. The predicted octanol–water partition coefficient (Wildman–Crippen LogP) is 4.91. The van der Waals surface area contributed by atoms with Gasteiger partial charge in [0.15, 0.2) is 0 Å². The molecule has 3 aromatic carbocycles. The van der Waals surface area contributed by atoms with E-state index >= 15 is 0 Å². The van der Waals surface area contributed by atoms with E-state index in [0.29, 0.717) is 41.3 Å². The van der Waals surface area contributed by atoms with Gasteiger partial charge in [0, 0.05) is 37.5 Å². The summed E-state index contributed by atoms with van der Waals surface area (Å²) in [6, 6.07) is 26.6. The van der Waals surface area contributed by atoms with Crippen LogP contribution in [0.2, 0.25) is 0 Å². The van der Waals surface area contributed by atoms with Crippen LogP contribution < -0.4 is 10.9 Å². The van der Waals surface area contributed by atoms with Gasteiger partial charge in [-0.2, -0.15) is 14.7 Å². The molecule has 1 amide bonds. The second-order valence-corrected chi connectivity index (χ2v) is 12.3. The number of benzene rings is 3. The Labute approximate surface area is 267 Å². The van der Waals surface area contributed by atoms with Crippen LogP contribution in [-0.4, -0.2) is 50.9 Å². The molecule has 2 aromatic heterocycles. The molecule has 0 aliphatic rings. The molecule has 0 bridgehead atoms. The SMILES string of the molecule is CCN(CC)S(=O)(=O)c1cccc(-c2nn(-c3ccccc3)cc2/C=C(/C#N)C(=O)Nc2c(C)n(C)n(-c3ccccc3)c2=O)c1. The first kappa shape index (κ1) is 31.9. The molecule has 5 aromatic rings. The van der Waals surface area contributed by atoms with Gasteiger partial charge in [0.2, 0.25) is 10.0 Å². The average Bonchev–Trinajstić information content (AvgIpc) is 3.59. The number of nitrogens with zero attached hydrogens (tertiary/aromatic N) is 6. The highest BCUT2D eigenvalue weighted by Crippen LogP contribution is 2.29. The van der Waals surface area contributed by atoms with E-state index in [4.69, 9.17) is 5.10 Å². The van der Waals surface area contributed by atoms with Crippen LogP contribution in [0, 0.1) is 18.3 Å². The summed E-state index contributed by atoms with van der Waals surface area (Å²) in [6.45, 7) is 5.89. The minimum absolute atomic E-state index is 0.0482. The Hall–Kier alpha value is -5.51. The van der Waals surface area contributed by atoms with E-state index < -0.39 is 21.5 Å². The van der Waals surface area contributed by atoms with Gasteiger partial charge < -0.3 is 5.32 Å². The number of para-hydroxylation sites is 2. The summed E-state index contributed by atoms with van der Waals surface area (Å²) >= 11 is 0. The number of carbonyl (C=O) groups is 1. The minimum Gasteiger partial charge on any atom is -0.315 e. The number of rotatable bonds is 10. The number of carbonyl (C=O) groups excluding carboxylic acids is 1. The van der Waals surface area contributed by atoms with Gasteiger partial charge in [0.25, 0.3) is 11.5 Å². The van der Waals surface area contributed by atoms with Crippen molar-refractivity contribution in [3.05, 3.63) is 118 Å². The maximum atomic E-state index is 13.5. The second-order valence-electron chi connectivity index (χ2n) is 10.4. The van der Waals surface area contributed by atoms with Crippen LogP contribution in [-0.2, 0) is 21.9 Å². The number of aromatic nitrogens is 4. The Morgan fingerprint density at radius 2 is 1.61 bits per heavy atom. The van der Waals surface area contributed by atoms with Crippen LogP contribution in [0.3, 0.4) is 0 Å². The molecule has 0 atom stereocenters. The smallest absolute Gasteiger partial charge is 0.295 e. The van der Waals surface area contributed by atoms with E-state index in [2.05, 4.69) is 5.32 Å². The number of hydrogen-bond donors (Lipinski definition) is 1. The third-order valence-electron chi connectivity index (χ3n) is 7.67. The first-order chi connectivity index (χ1) is 22.1. The first-order valence-corrected chi connectivity index (χ1v) is 16.1. The fourth-order valence-electron chi connectivity index (χ4n) is 5.14. The van der Waals surface area contributed by atoms with E-state index in [9.17, 15) is 23.3 Å². The van der Waals surface area contributed by atoms with Crippen LogP contribution in [0.4, 0.5) is 5.69 Å². The van der Waals surface area contributed by atoms with Gasteiger partial charge in [0.05, 0.1) is 22.0 Å². The zero-order valence-electron chi connectivity index (χ0n) is 25.9. The standard InChI is InChI=1S/C34H33N7O4S/c1-5-39(6-2)46(44,45)30-19-13-14-25(21-30)32-27(23-40(37-32)28-15-9-7-10-16-28)20-26(22-35)33(42)36-31-24(3)38(4)41(34(31)43)29-17-11-8-12-18-29/h7-21,23H,5-6H2,1-4H3,(H,36,42)/b26-20-. The molecule has 12 heteroatoms. The third kappa shape index (κ3) is 6.06. The molecule has 1 N–H and O–H groups in total. The van der Waals surface area contributed by atoms with Crippen molar-refractivity contribution in [2.75, 3.05) is 18.4 Å². The largest absolute Gasteiger partial charge is 0.315 e. The van der Waals surface area contributed by atoms with Crippen molar-refractivity contribution in [2.24, 2.45) is 7.05 Å². The second kappa shape index (κ2) is 13.2. The molecule has 11 nitrogen and oxygen atoms in total. The summed E-state index contributed by atoms with van der Waals surface area (Å²) in [6.07, 6.45) is 3.05. The quantitative estimate of drug-likeness (QED) is 0.171. The van der Waals surface area contributed by atoms with Gasteiger partial charge in [0.1, 0.15) is 23.0 Å². The Morgan fingerprint density at radius 1 is 0.978 bits per heavy atom. The minimum atomic E-state index is -3.76. The van der Waals surface area contributed by atoms with Gasteiger partial charge in [-0.15, -0.1) is 0 Å². The van der Waals surface area contributed by atoms with Crippen LogP contribution in [0.25, 0.3) is 28.7 Å². The number of anilines is 1. The Balaban J connectivity index is 1.58. The van der Waals surface area contributed by atoms with Crippen molar-refractivity contribution < 1.29 is 13.2 Å². The summed E-state index contributed by atoms with van der Waals surface area (Å²) < 4.78 is 32.6. The van der Waals surface area contributed by atoms with Gasteiger partial charge in [-0.3, -0.25) is 14.3 Å². The summed E-state index contributed by atoms with van der Waals surface area (Å²) in [5, 5.41) is 17.5. The monoisotopic (exact) mass is 635 g/mol. The normalized spacial score (nSPS) is 11.9. The van der Waals surface area contributed by atoms with E-state index in [1.54, 1.807) is 79.8 Å². The molecule has 0 aliphatic heterocycles. The third-order valence-corrected chi connectivity index (χ3v) is 9.72. The van der Waals surface area contributed by atoms with E-state index in [1.807, 2.05) is 42.5 Å². The molecule has 46 heavy (non-hydrogen) atoms. The highest BCUT2D eigenvalue weighted by molar-refractivity contribution is 7.89. The van der Waals surface area contributed by atoms with E-state index in [0.717, 1.165) is 5.69 Å². The number of sulfonamides is 1.